The molecule has 1 amide bonds. The SMILES string of the molecule is CCOc1cccc2sc(N(CCCN(C)C)C(=O)c3ccc(S(=O)(=O)N(C)Cc4ccccc4)cc3)nc12.Cl. The minimum absolute atomic E-state index is 0. The van der Waals surface area contributed by atoms with Crippen LogP contribution < -0.4 is 9.64 Å². The van der Waals surface area contributed by atoms with E-state index < -0.39 is 10.0 Å². The zero-order valence-corrected chi connectivity index (χ0v) is 25.6. The fraction of sp³-hybridized carbons (Fsp3) is 0.310. The van der Waals surface area contributed by atoms with Crippen molar-refractivity contribution in [2.45, 2.75) is 24.8 Å². The minimum atomic E-state index is -3.72. The highest BCUT2D eigenvalue weighted by Crippen LogP contribution is 2.35. The molecule has 8 nitrogen and oxygen atoms in total. The van der Waals surface area contributed by atoms with Crippen LogP contribution in [0.4, 0.5) is 5.13 Å². The number of rotatable bonds is 12. The number of fused-ring (bicyclic) bond motifs is 1. The van der Waals surface area contributed by atoms with Gasteiger partial charge in [-0.05, 0) is 75.9 Å². The highest BCUT2D eigenvalue weighted by atomic mass is 35.5. The van der Waals surface area contributed by atoms with Crippen molar-refractivity contribution < 1.29 is 17.9 Å². The van der Waals surface area contributed by atoms with E-state index in [0.29, 0.717) is 29.6 Å². The molecule has 4 aromatic rings. The smallest absolute Gasteiger partial charge is 0.260 e. The summed E-state index contributed by atoms with van der Waals surface area (Å²) in [5.41, 5.74) is 2.02. The van der Waals surface area contributed by atoms with Gasteiger partial charge in [0.1, 0.15) is 11.3 Å². The van der Waals surface area contributed by atoms with Gasteiger partial charge in [0.25, 0.3) is 5.91 Å². The van der Waals surface area contributed by atoms with Crippen molar-refractivity contribution in [3.8, 4) is 5.75 Å². The van der Waals surface area contributed by atoms with Crippen LogP contribution in [0.2, 0.25) is 0 Å². The summed E-state index contributed by atoms with van der Waals surface area (Å²) in [7, 11) is 1.81. The molecule has 0 bridgehead atoms. The average molecular weight is 603 g/mol. The van der Waals surface area contributed by atoms with E-state index in [-0.39, 0.29) is 29.8 Å². The monoisotopic (exact) mass is 602 g/mol. The van der Waals surface area contributed by atoms with Crippen molar-refractivity contribution >= 4 is 55.0 Å². The molecule has 0 N–H and O–H groups in total. The van der Waals surface area contributed by atoms with E-state index in [2.05, 4.69) is 4.90 Å². The number of halogens is 1. The number of sulfonamides is 1. The number of aromatic nitrogens is 1. The van der Waals surface area contributed by atoms with Gasteiger partial charge in [-0.3, -0.25) is 9.69 Å². The number of amides is 1. The number of anilines is 1. The van der Waals surface area contributed by atoms with Crippen molar-refractivity contribution in [3.63, 3.8) is 0 Å². The summed E-state index contributed by atoms with van der Waals surface area (Å²) in [5.74, 6) is 0.458. The number of thiazole rings is 1. The summed E-state index contributed by atoms with van der Waals surface area (Å²) >= 11 is 1.44. The predicted octanol–water partition coefficient (Wildman–Crippen LogP) is 5.54. The molecule has 3 aromatic carbocycles. The Hall–Kier alpha value is -3.02. The normalized spacial score (nSPS) is 11.6. The number of ether oxygens (including phenoxy) is 1. The molecule has 0 fully saturated rings. The van der Waals surface area contributed by atoms with Crippen molar-refractivity contribution in [1.29, 1.82) is 0 Å². The van der Waals surface area contributed by atoms with E-state index in [1.165, 1.54) is 27.8 Å². The summed E-state index contributed by atoms with van der Waals surface area (Å²) in [5, 5.41) is 0.584. The summed E-state index contributed by atoms with van der Waals surface area (Å²) in [4.78, 5) is 22.4. The second-order valence-electron chi connectivity index (χ2n) is 9.42. The lowest BCUT2D eigenvalue weighted by molar-refractivity contribution is 0.0986. The Morgan fingerprint density at radius 3 is 2.27 bits per heavy atom. The van der Waals surface area contributed by atoms with Crippen molar-refractivity contribution in [2.75, 3.05) is 45.7 Å². The second-order valence-corrected chi connectivity index (χ2v) is 12.5. The molecular formula is C29H35ClN4O4S2. The molecule has 0 saturated heterocycles. The molecule has 11 heteroatoms. The van der Waals surface area contributed by atoms with Crippen LogP contribution in [0.15, 0.2) is 77.7 Å². The molecule has 0 aliphatic rings. The molecule has 0 radical (unpaired) electrons. The van der Waals surface area contributed by atoms with Crippen molar-refractivity contribution in [1.82, 2.24) is 14.2 Å². The number of para-hydroxylation sites is 1. The van der Waals surface area contributed by atoms with E-state index >= 15 is 0 Å². The first-order valence-corrected chi connectivity index (χ1v) is 15.1. The van der Waals surface area contributed by atoms with Crippen LogP contribution in [-0.4, -0.2) is 69.4 Å². The van der Waals surface area contributed by atoms with Crippen LogP contribution in [0.25, 0.3) is 10.2 Å². The van der Waals surface area contributed by atoms with Gasteiger partial charge < -0.3 is 9.64 Å². The van der Waals surface area contributed by atoms with Crippen LogP contribution in [-0.2, 0) is 16.6 Å². The third-order valence-corrected chi connectivity index (χ3v) is 9.05. The molecule has 214 valence electrons. The van der Waals surface area contributed by atoms with E-state index in [1.807, 2.05) is 69.6 Å². The maximum absolute atomic E-state index is 13.7. The largest absolute Gasteiger partial charge is 0.492 e. The van der Waals surface area contributed by atoms with Crippen LogP contribution >= 0.6 is 23.7 Å². The fourth-order valence-corrected chi connectivity index (χ4v) is 6.33. The Morgan fingerprint density at radius 1 is 0.925 bits per heavy atom. The Morgan fingerprint density at radius 2 is 1.62 bits per heavy atom. The summed E-state index contributed by atoms with van der Waals surface area (Å²) in [6.45, 7) is 3.98. The molecule has 0 unspecified atom stereocenters. The summed E-state index contributed by atoms with van der Waals surface area (Å²) in [6.07, 6.45) is 0.754. The molecular weight excluding hydrogens is 568 g/mol. The Labute approximate surface area is 246 Å². The lowest BCUT2D eigenvalue weighted by atomic mass is 10.2. The zero-order valence-electron chi connectivity index (χ0n) is 23.1. The number of carbonyl (C=O) groups is 1. The topological polar surface area (TPSA) is 83.0 Å². The predicted molar refractivity (Wildman–Crippen MR) is 164 cm³/mol. The van der Waals surface area contributed by atoms with E-state index in [0.717, 1.165) is 28.7 Å². The molecule has 0 spiro atoms. The molecule has 0 aliphatic carbocycles. The highest BCUT2D eigenvalue weighted by Gasteiger charge is 2.25. The van der Waals surface area contributed by atoms with Gasteiger partial charge in [0.15, 0.2) is 5.13 Å². The van der Waals surface area contributed by atoms with Gasteiger partial charge in [0, 0.05) is 25.7 Å². The second kappa shape index (κ2) is 14.0. The number of carbonyl (C=O) groups excluding carboxylic acids is 1. The molecule has 40 heavy (non-hydrogen) atoms. The summed E-state index contributed by atoms with van der Waals surface area (Å²) in [6, 6.07) is 21.3. The van der Waals surface area contributed by atoms with Crippen molar-refractivity contribution in [3.05, 3.63) is 83.9 Å². The average Bonchev–Trinajstić information content (AvgIpc) is 3.36. The molecule has 0 atom stereocenters. The molecule has 4 rings (SSSR count). The van der Waals surface area contributed by atoms with Gasteiger partial charge in [-0.15, -0.1) is 12.4 Å². The molecule has 1 aromatic heterocycles. The molecule has 1 heterocycles. The van der Waals surface area contributed by atoms with Crippen molar-refractivity contribution in [2.24, 2.45) is 0 Å². The fourth-order valence-electron chi connectivity index (χ4n) is 4.16. The Kier molecular flexibility index (Phi) is 11.1. The Balaban J connectivity index is 0.00000441. The third-order valence-electron chi connectivity index (χ3n) is 6.19. The maximum atomic E-state index is 13.7. The number of hydrogen-bond acceptors (Lipinski definition) is 7. The van der Waals surface area contributed by atoms with Crippen LogP contribution in [0, 0.1) is 0 Å². The first-order valence-electron chi connectivity index (χ1n) is 12.8. The first-order chi connectivity index (χ1) is 18.7. The summed E-state index contributed by atoms with van der Waals surface area (Å²) < 4.78 is 34.3. The first kappa shape index (κ1) is 31.5. The van der Waals surface area contributed by atoms with Gasteiger partial charge in [-0.25, -0.2) is 13.4 Å². The van der Waals surface area contributed by atoms with Gasteiger partial charge in [-0.2, -0.15) is 4.31 Å². The Bertz CT molecular complexity index is 1510. The van der Waals surface area contributed by atoms with Gasteiger partial charge in [0.2, 0.25) is 10.0 Å². The number of hydrogen-bond donors (Lipinski definition) is 0. The van der Waals surface area contributed by atoms with Crippen LogP contribution in [0.1, 0.15) is 29.3 Å². The lowest BCUT2D eigenvalue weighted by Gasteiger charge is -2.21. The molecule has 0 aliphatic heterocycles. The third kappa shape index (κ3) is 7.38. The van der Waals surface area contributed by atoms with E-state index in [4.69, 9.17) is 9.72 Å². The van der Waals surface area contributed by atoms with Gasteiger partial charge >= 0.3 is 0 Å². The standard InChI is InChI=1S/C29H34N4O4S2.ClH/c1-5-37-25-13-9-14-26-27(25)30-29(38-26)33(20-10-19-31(2)3)28(34)23-15-17-24(18-16-23)39(35,36)32(4)21-22-11-7-6-8-12-22;/h6-9,11-18H,5,10,19-21H2,1-4H3;1H. The minimum Gasteiger partial charge on any atom is -0.492 e. The van der Waals surface area contributed by atoms with Crippen LogP contribution in [0.3, 0.4) is 0 Å². The number of nitrogens with zero attached hydrogens (tertiary/aromatic N) is 4. The number of benzene rings is 3. The van der Waals surface area contributed by atoms with Crippen LogP contribution in [0.5, 0.6) is 5.75 Å². The van der Waals surface area contributed by atoms with E-state index in [1.54, 1.807) is 24.1 Å². The highest BCUT2D eigenvalue weighted by molar-refractivity contribution is 7.89. The quantitative estimate of drug-likeness (QED) is 0.212. The maximum Gasteiger partial charge on any atom is 0.260 e. The zero-order chi connectivity index (χ0) is 28.0. The van der Waals surface area contributed by atoms with Gasteiger partial charge in [-0.1, -0.05) is 47.7 Å². The molecule has 0 saturated carbocycles. The lowest BCUT2D eigenvalue weighted by Crippen LogP contribution is -2.33. The van der Waals surface area contributed by atoms with E-state index in [9.17, 15) is 13.2 Å². The van der Waals surface area contributed by atoms with Gasteiger partial charge in [0.05, 0.1) is 16.2 Å².